The summed E-state index contributed by atoms with van der Waals surface area (Å²) in [5, 5.41) is 0.553. The van der Waals surface area contributed by atoms with Crippen molar-refractivity contribution >= 4 is 45.9 Å². The molecule has 2 aromatic carbocycles. The van der Waals surface area contributed by atoms with Gasteiger partial charge in [-0.2, -0.15) is 0 Å². The number of imide groups is 1. The summed E-state index contributed by atoms with van der Waals surface area (Å²) in [6, 6.07) is 16.8. The lowest BCUT2D eigenvalue weighted by Gasteiger charge is -2.13. The Hall–Kier alpha value is -3.52. The second kappa shape index (κ2) is 9.09. The molecule has 31 heavy (non-hydrogen) atoms. The fourth-order valence-corrected chi connectivity index (χ4v) is 4.19. The van der Waals surface area contributed by atoms with E-state index in [4.69, 9.17) is 9.47 Å². The highest BCUT2D eigenvalue weighted by Crippen LogP contribution is 2.34. The van der Waals surface area contributed by atoms with E-state index in [0.717, 1.165) is 28.2 Å². The van der Waals surface area contributed by atoms with Gasteiger partial charge >= 0.3 is 5.97 Å². The fourth-order valence-electron chi connectivity index (χ4n) is 3.33. The van der Waals surface area contributed by atoms with Crippen molar-refractivity contribution in [3.63, 3.8) is 0 Å². The Bertz CT molecular complexity index is 1170. The molecule has 8 heteroatoms. The molecule has 1 aliphatic rings. The molecule has 0 aliphatic carbocycles. The van der Waals surface area contributed by atoms with Crippen molar-refractivity contribution in [1.82, 2.24) is 9.47 Å². The second-order valence-electron chi connectivity index (χ2n) is 6.80. The Kier molecular flexibility index (Phi) is 6.08. The molecule has 2 heterocycles. The van der Waals surface area contributed by atoms with E-state index in [9.17, 15) is 14.4 Å². The van der Waals surface area contributed by atoms with Crippen LogP contribution in [0.2, 0.25) is 0 Å². The first kappa shape index (κ1) is 20.7. The molecular formula is C23H20N2O5S. The average Bonchev–Trinajstić information content (AvgIpc) is 3.26. The van der Waals surface area contributed by atoms with Crippen molar-refractivity contribution in [2.75, 3.05) is 20.3 Å². The summed E-state index contributed by atoms with van der Waals surface area (Å²) in [5.74, 6) is -0.0362. The third-order valence-corrected chi connectivity index (χ3v) is 5.74. The first-order chi connectivity index (χ1) is 15.1. The van der Waals surface area contributed by atoms with Crippen LogP contribution in [-0.2, 0) is 20.9 Å². The summed E-state index contributed by atoms with van der Waals surface area (Å²) in [4.78, 5) is 38.5. The predicted molar refractivity (Wildman–Crippen MR) is 119 cm³/mol. The maximum atomic E-state index is 12.8. The molecule has 3 aromatic rings. The van der Waals surface area contributed by atoms with Crippen molar-refractivity contribution in [2.24, 2.45) is 0 Å². The van der Waals surface area contributed by atoms with E-state index in [1.165, 1.54) is 12.0 Å². The zero-order valence-corrected chi connectivity index (χ0v) is 17.6. The van der Waals surface area contributed by atoms with Crippen LogP contribution in [0.25, 0.3) is 17.0 Å². The molecule has 0 unspecified atom stereocenters. The van der Waals surface area contributed by atoms with Crippen LogP contribution < -0.4 is 4.74 Å². The Balaban J connectivity index is 1.52. The molecule has 0 spiro atoms. The number of hydrogen-bond acceptors (Lipinski definition) is 6. The minimum absolute atomic E-state index is 0.0587. The van der Waals surface area contributed by atoms with Crippen LogP contribution in [0.1, 0.15) is 5.56 Å². The summed E-state index contributed by atoms with van der Waals surface area (Å²) < 4.78 is 12.1. The Morgan fingerprint density at radius 3 is 2.58 bits per heavy atom. The van der Waals surface area contributed by atoms with E-state index >= 15 is 0 Å². The highest BCUT2D eigenvalue weighted by molar-refractivity contribution is 8.18. The minimum atomic E-state index is -0.369. The monoisotopic (exact) mass is 436 g/mol. The molecule has 7 nitrogen and oxygen atoms in total. The summed E-state index contributed by atoms with van der Waals surface area (Å²) in [7, 11) is 1.34. The largest absolute Gasteiger partial charge is 0.492 e. The number of para-hydroxylation sites is 2. The molecule has 0 bridgehead atoms. The van der Waals surface area contributed by atoms with Crippen molar-refractivity contribution < 1.29 is 23.9 Å². The normalized spacial score (nSPS) is 15.1. The fraction of sp³-hybridized carbons (Fsp3) is 0.174. The third-order valence-electron chi connectivity index (χ3n) is 4.83. The molecular weight excluding hydrogens is 416 g/mol. The van der Waals surface area contributed by atoms with E-state index in [2.05, 4.69) is 0 Å². The van der Waals surface area contributed by atoms with Gasteiger partial charge in [0.2, 0.25) is 0 Å². The van der Waals surface area contributed by atoms with Crippen LogP contribution in [0.15, 0.2) is 65.7 Å². The third kappa shape index (κ3) is 4.49. The maximum absolute atomic E-state index is 12.8. The SMILES string of the molecule is COC(=O)Cn1cc(/C=C2\SC(=O)N(CCOc3ccccc3)C2=O)c2ccccc21. The zero-order valence-electron chi connectivity index (χ0n) is 16.8. The van der Waals surface area contributed by atoms with Gasteiger partial charge in [-0.1, -0.05) is 36.4 Å². The van der Waals surface area contributed by atoms with E-state index < -0.39 is 0 Å². The van der Waals surface area contributed by atoms with Gasteiger partial charge in [-0.25, -0.2) is 0 Å². The van der Waals surface area contributed by atoms with Crippen molar-refractivity contribution in [1.29, 1.82) is 0 Å². The molecule has 1 saturated heterocycles. The summed E-state index contributed by atoms with van der Waals surface area (Å²) in [6.45, 7) is 0.442. The van der Waals surface area contributed by atoms with Gasteiger partial charge in [0, 0.05) is 22.7 Å². The topological polar surface area (TPSA) is 77.8 Å². The van der Waals surface area contributed by atoms with Crippen LogP contribution in [0.5, 0.6) is 5.75 Å². The number of esters is 1. The van der Waals surface area contributed by atoms with Gasteiger partial charge in [0.15, 0.2) is 0 Å². The molecule has 0 atom stereocenters. The predicted octanol–water partition coefficient (Wildman–Crippen LogP) is 3.93. The van der Waals surface area contributed by atoms with Crippen LogP contribution >= 0.6 is 11.8 Å². The second-order valence-corrected chi connectivity index (χ2v) is 7.79. The van der Waals surface area contributed by atoms with E-state index in [-0.39, 0.29) is 36.8 Å². The molecule has 1 aromatic heterocycles. The Morgan fingerprint density at radius 1 is 1.06 bits per heavy atom. The van der Waals surface area contributed by atoms with Gasteiger partial charge in [0.1, 0.15) is 18.9 Å². The molecule has 0 radical (unpaired) electrons. The molecule has 4 rings (SSSR count). The number of ether oxygens (including phenoxy) is 2. The van der Waals surface area contributed by atoms with Crippen LogP contribution in [-0.4, -0.2) is 46.8 Å². The number of aromatic nitrogens is 1. The van der Waals surface area contributed by atoms with Crippen LogP contribution in [0.4, 0.5) is 4.79 Å². The van der Waals surface area contributed by atoms with Crippen LogP contribution in [0.3, 0.4) is 0 Å². The maximum Gasteiger partial charge on any atom is 0.325 e. The van der Waals surface area contributed by atoms with Crippen LogP contribution in [0, 0.1) is 0 Å². The van der Waals surface area contributed by atoms with Gasteiger partial charge in [-0.05, 0) is 36.0 Å². The molecule has 1 fully saturated rings. The van der Waals surface area contributed by atoms with E-state index in [0.29, 0.717) is 10.7 Å². The smallest absolute Gasteiger partial charge is 0.325 e. The van der Waals surface area contributed by atoms with Crippen molar-refractivity contribution in [2.45, 2.75) is 6.54 Å². The van der Waals surface area contributed by atoms with Gasteiger partial charge < -0.3 is 14.0 Å². The quantitative estimate of drug-likeness (QED) is 0.413. The molecule has 0 N–H and O–H groups in total. The number of carbonyl (C=O) groups excluding carboxylic acids is 3. The lowest BCUT2D eigenvalue weighted by Crippen LogP contribution is -2.32. The summed E-state index contributed by atoms with van der Waals surface area (Å²) in [5.41, 5.74) is 1.60. The number of nitrogens with zero attached hydrogens (tertiary/aromatic N) is 2. The number of methoxy groups -OCH3 is 1. The number of carbonyl (C=O) groups is 3. The molecule has 0 saturated carbocycles. The standard InChI is InChI=1S/C23H20N2O5S/c1-29-21(26)15-24-14-16(18-9-5-6-10-19(18)24)13-20-22(27)25(23(28)31-20)11-12-30-17-7-3-2-4-8-17/h2-10,13-14H,11-12,15H2,1H3/b20-13-. The first-order valence-corrected chi connectivity index (χ1v) is 10.5. The highest BCUT2D eigenvalue weighted by Gasteiger charge is 2.35. The lowest BCUT2D eigenvalue weighted by atomic mass is 10.1. The Morgan fingerprint density at radius 2 is 1.81 bits per heavy atom. The van der Waals surface area contributed by atoms with E-state index in [1.54, 1.807) is 16.8 Å². The van der Waals surface area contributed by atoms with Gasteiger partial charge in [0.25, 0.3) is 11.1 Å². The zero-order chi connectivity index (χ0) is 21.8. The number of amides is 2. The van der Waals surface area contributed by atoms with Gasteiger partial charge in [-0.15, -0.1) is 0 Å². The van der Waals surface area contributed by atoms with Gasteiger partial charge in [0.05, 0.1) is 18.6 Å². The summed E-state index contributed by atoms with van der Waals surface area (Å²) in [6.07, 6.45) is 3.48. The summed E-state index contributed by atoms with van der Waals surface area (Å²) >= 11 is 0.901. The molecule has 1 aliphatic heterocycles. The average molecular weight is 436 g/mol. The Labute approximate surface area is 183 Å². The van der Waals surface area contributed by atoms with Crippen molar-refractivity contribution in [3.05, 3.63) is 71.3 Å². The molecule has 2 amide bonds. The number of fused-ring (bicyclic) bond motifs is 1. The van der Waals surface area contributed by atoms with Gasteiger partial charge in [-0.3, -0.25) is 19.3 Å². The number of benzene rings is 2. The highest BCUT2D eigenvalue weighted by atomic mass is 32.2. The molecule has 158 valence electrons. The first-order valence-electron chi connectivity index (χ1n) is 9.64. The number of hydrogen-bond donors (Lipinski definition) is 0. The number of thioether (sulfide) groups is 1. The van der Waals surface area contributed by atoms with E-state index in [1.807, 2.05) is 54.6 Å². The lowest BCUT2D eigenvalue weighted by molar-refractivity contribution is -0.141. The number of rotatable bonds is 7. The minimum Gasteiger partial charge on any atom is -0.492 e. The van der Waals surface area contributed by atoms with Crippen molar-refractivity contribution in [3.8, 4) is 5.75 Å².